The highest BCUT2D eigenvalue weighted by atomic mass is 79.9. The van der Waals surface area contributed by atoms with Gasteiger partial charge in [-0.3, -0.25) is 0 Å². The molecule has 0 unspecified atom stereocenters. The van der Waals surface area contributed by atoms with Crippen molar-refractivity contribution in [2.24, 2.45) is 0 Å². The van der Waals surface area contributed by atoms with Gasteiger partial charge >= 0.3 is 0 Å². The van der Waals surface area contributed by atoms with Crippen molar-refractivity contribution in [3.63, 3.8) is 0 Å². The molecule has 0 spiro atoms. The molecule has 0 radical (unpaired) electrons. The molecule has 3 heteroatoms. The second kappa shape index (κ2) is 7.16. The normalized spacial score (nSPS) is 13.6. The third-order valence-electron chi connectivity index (χ3n) is 4.19. The summed E-state index contributed by atoms with van der Waals surface area (Å²) in [5.41, 5.74) is 5.18. The topological polar surface area (TPSA) is 25.8 Å². The second-order valence-corrected chi connectivity index (χ2v) is 6.89. The average molecular weight is 389 g/mol. The van der Waals surface area contributed by atoms with Gasteiger partial charge in [0, 0.05) is 21.2 Å². The lowest BCUT2D eigenvalue weighted by atomic mass is 10.0. The minimum atomic E-state index is 0.787. The van der Waals surface area contributed by atoms with E-state index in [2.05, 4.69) is 64.5 Å². The first-order valence-corrected chi connectivity index (χ1v) is 9.16. The van der Waals surface area contributed by atoms with Crippen LogP contribution in [0.1, 0.15) is 18.7 Å². The largest absolute Gasteiger partial charge is 0.228 e. The Morgan fingerprint density at radius 2 is 1.44 bits per heavy atom. The van der Waals surface area contributed by atoms with Gasteiger partial charge in [-0.2, -0.15) is 0 Å². The molecule has 25 heavy (non-hydrogen) atoms. The predicted octanol–water partition coefficient (Wildman–Crippen LogP) is 6.31. The molecule has 0 atom stereocenters. The Morgan fingerprint density at radius 3 is 2.08 bits per heavy atom. The Bertz CT molecular complexity index is 942. The minimum Gasteiger partial charge on any atom is -0.228 e. The standard InChI is InChI=1S/C22H17BrN2/c23-19-13-11-17(12-14-19)21-15-20(16-7-3-1-4-8-16)24-22(25-21)18-9-5-2-6-10-18/h1,3-5,7-15H,2,6H2. The number of hydrogen-bond acceptors (Lipinski definition) is 2. The maximum Gasteiger partial charge on any atom is 0.160 e. The number of allylic oxidation sites excluding steroid dienone is 4. The van der Waals surface area contributed by atoms with E-state index in [1.165, 1.54) is 0 Å². The predicted molar refractivity (Wildman–Crippen MR) is 107 cm³/mol. The van der Waals surface area contributed by atoms with Gasteiger partial charge in [0.1, 0.15) is 0 Å². The maximum atomic E-state index is 4.84. The number of benzene rings is 2. The Labute approximate surface area is 156 Å². The maximum absolute atomic E-state index is 4.84. The quantitative estimate of drug-likeness (QED) is 0.525. The van der Waals surface area contributed by atoms with E-state index in [1.807, 2.05) is 30.3 Å². The van der Waals surface area contributed by atoms with Gasteiger partial charge in [0.2, 0.25) is 0 Å². The zero-order valence-electron chi connectivity index (χ0n) is 13.7. The van der Waals surface area contributed by atoms with Crippen molar-refractivity contribution in [1.82, 2.24) is 9.97 Å². The molecule has 3 aromatic rings. The van der Waals surface area contributed by atoms with Gasteiger partial charge in [-0.05, 0) is 31.0 Å². The second-order valence-electron chi connectivity index (χ2n) is 5.97. The summed E-state index contributed by atoms with van der Waals surface area (Å²) < 4.78 is 1.06. The van der Waals surface area contributed by atoms with Crippen LogP contribution in [0.3, 0.4) is 0 Å². The number of halogens is 1. The lowest BCUT2D eigenvalue weighted by Crippen LogP contribution is -1.99. The van der Waals surface area contributed by atoms with E-state index in [-0.39, 0.29) is 0 Å². The highest BCUT2D eigenvalue weighted by Crippen LogP contribution is 2.28. The highest BCUT2D eigenvalue weighted by Gasteiger charge is 2.11. The molecule has 0 fully saturated rings. The highest BCUT2D eigenvalue weighted by molar-refractivity contribution is 9.10. The molecule has 0 bridgehead atoms. The van der Waals surface area contributed by atoms with Crippen LogP contribution in [0.15, 0.2) is 83.4 Å². The molecule has 0 aliphatic heterocycles. The van der Waals surface area contributed by atoms with Crippen molar-refractivity contribution < 1.29 is 0 Å². The van der Waals surface area contributed by atoms with E-state index in [1.54, 1.807) is 0 Å². The molecule has 0 saturated heterocycles. The van der Waals surface area contributed by atoms with Crippen LogP contribution in [-0.2, 0) is 0 Å². The van der Waals surface area contributed by atoms with Crippen LogP contribution < -0.4 is 0 Å². The number of nitrogens with zero attached hydrogens (tertiary/aromatic N) is 2. The molecule has 122 valence electrons. The first-order valence-electron chi connectivity index (χ1n) is 8.37. The molecule has 0 amide bonds. The summed E-state index contributed by atoms with van der Waals surface area (Å²) in [7, 11) is 0. The monoisotopic (exact) mass is 388 g/mol. The van der Waals surface area contributed by atoms with Gasteiger partial charge in [-0.25, -0.2) is 9.97 Å². The summed E-state index contributed by atoms with van der Waals surface area (Å²) in [5, 5.41) is 0. The van der Waals surface area contributed by atoms with Crippen molar-refractivity contribution in [2.45, 2.75) is 12.8 Å². The van der Waals surface area contributed by atoms with E-state index >= 15 is 0 Å². The Morgan fingerprint density at radius 1 is 0.760 bits per heavy atom. The van der Waals surface area contributed by atoms with E-state index in [0.29, 0.717) is 0 Å². The zero-order chi connectivity index (χ0) is 17.1. The fourth-order valence-corrected chi connectivity index (χ4v) is 3.15. The van der Waals surface area contributed by atoms with Crippen LogP contribution in [-0.4, -0.2) is 9.97 Å². The molecular weight excluding hydrogens is 372 g/mol. The van der Waals surface area contributed by atoms with Gasteiger partial charge < -0.3 is 0 Å². The first kappa shape index (κ1) is 16.0. The molecular formula is C22H17BrN2. The van der Waals surface area contributed by atoms with Crippen LogP contribution in [0.5, 0.6) is 0 Å². The summed E-state index contributed by atoms with van der Waals surface area (Å²) in [6, 6.07) is 20.6. The lowest BCUT2D eigenvalue weighted by Gasteiger charge is -2.11. The third kappa shape index (κ3) is 3.62. The molecule has 1 aliphatic rings. The smallest absolute Gasteiger partial charge is 0.160 e. The third-order valence-corrected chi connectivity index (χ3v) is 4.72. The molecule has 0 saturated carbocycles. The van der Waals surface area contributed by atoms with E-state index in [4.69, 9.17) is 9.97 Å². The Hall–Kier alpha value is -2.52. The summed E-state index contributed by atoms with van der Waals surface area (Å²) in [6.07, 6.45) is 8.65. The zero-order valence-corrected chi connectivity index (χ0v) is 15.3. The van der Waals surface area contributed by atoms with Crippen LogP contribution in [0.4, 0.5) is 0 Å². The molecule has 4 rings (SSSR count). The number of aromatic nitrogens is 2. The fourth-order valence-electron chi connectivity index (χ4n) is 2.88. The van der Waals surface area contributed by atoms with Crippen molar-refractivity contribution >= 4 is 21.5 Å². The summed E-state index contributed by atoms with van der Waals surface area (Å²) in [5.74, 6) is 0.787. The van der Waals surface area contributed by atoms with Crippen molar-refractivity contribution in [3.05, 3.63) is 89.2 Å². The van der Waals surface area contributed by atoms with Crippen LogP contribution in [0.2, 0.25) is 0 Å². The first-order chi connectivity index (χ1) is 12.3. The molecule has 2 nitrogen and oxygen atoms in total. The van der Waals surface area contributed by atoms with Gasteiger partial charge in [0.05, 0.1) is 11.4 Å². The minimum absolute atomic E-state index is 0.787. The van der Waals surface area contributed by atoms with Crippen LogP contribution >= 0.6 is 15.9 Å². The Kier molecular flexibility index (Phi) is 4.57. The van der Waals surface area contributed by atoms with Crippen molar-refractivity contribution in [1.29, 1.82) is 0 Å². The number of rotatable bonds is 3. The molecule has 1 aromatic heterocycles. The van der Waals surface area contributed by atoms with Gasteiger partial charge in [0.25, 0.3) is 0 Å². The summed E-state index contributed by atoms with van der Waals surface area (Å²) in [6.45, 7) is 0. The van der Waals surface area contributed by atoms with Crippen LogP contribution in [0.25, 0.3) is 28.1 Å². The molecule has 1 aliphatic carbocycles. The van der Waals surface area contributed by atoms with Gasteiger partial charge in [0.15, 0.2) is 5.82 Å². The van der Waals surface area contributed by atoms with Gasteiger partial charge in [-0.1, -0.05) is 76.6 Å². The van der Waals surface area contributed by atoms with Crippen LogP contribution in [0, 0.1) is 0 Å². The summed E-state index contributed by atoms with van der Waals surface area (Å²) in [4.78, 5) is 9.67. The Balaban J connectivity index is 1.87. The lowest BCUT2D eigenvalue weighted by molar-refractivity contribution is 1.03. The average Bonchev–Trinajstić information content (AvgIpc) is 2.69. The summed E-state index contributed by atoms with van der Waals surface area (Å²) >= 11 is 3.50. The van der Waals surface area contributed by atoms with Gasteiger partial charge in [-0.15, -0.1) is 0 Å². The van der Waals surface area contributed by atoms with E-state index in [0.717, 1.165) is 51.2 Å². The van der Waals surface area contributed by atoms with E-state index < -0.39 is 0 Å². The molecule has 0 N–H and O–H groups in total. The van der Waals surface area contributed by atoms with Crippen molar-refractivity contribution in [3.8, 4) is 22.5 Å². The molecule has 2 aromatic carbocycles. The fraction of sp³-hybridized carbons (Fsp3) is 0.0909. The SMILES string of the molecule is Brc1ccc(-c2cc(-c3ccccc3)nc(C3=CCCC=C3)n2)cc1. The van der Waals surface area contributed by atoms with Crippen molar-refractivity contribution in [2.75, 3.05) is 0 Å². The van der Waals surface area contributed by atoms with E-state index in [9.17, 15) is 0 Å². The number of hydrogen-bond donors (Lipinski definition) is 0. The molecule has 1 heterocycles.